The Morgan fingerprint density at radius 1 is 1.26 bits per heavy atom. The topological polar surface area (TPSA) is 58.4 Å². The standard InChI is InChI=1S/C18H21N3OS/c19-14-3-1-2-13(9-14)16-4-5-17(23-16)18(22)20-15-8-12-6-7-21(10-12)11-15/h1-5,9,12,15H,6-8,10-11,19H2,(H,20,22)/t12-,15-/m1/s1. The second kappa shape index (κ2) is 5.98. The van der Waals surface area contributed by atoms with Crippen molar-refractivity contribution in [1.82, 2.24) is 10.2 Å². The van der Waals surface area contributed by atoms with Gasteiger partial charge < -0.3 is 16.0 Å². The quantitative estimate of drug-likeness (QED) is 0.852. The zero-order valence-electron chi connectivity index (χ0n) is 13.0. The summed E-state index contributed by atoms with van der Waals surface area (Å²) in [5.74, 6) is 0.817. The summed E-state index contributed by atoms with van der Waals surface area (Å²) in [5.41, 5.74) is 7.65. The number of rotatable bonds is 3. The molecule has 1 aromatic carbocycles. The van der Waals surface area contributed by atoms with Crippen molar-refractivity contribution in [2.75, 3.05) is 25.4 Å². The maximum atomic E-state index is 12.5. The number of piperidine rings is 1. The van der Waals surface area contributed by atoms with Crippen LogP contribution in [0.5, 0.6) is 0 Å². The van der Waals surface area contributed by atoms with E-state index in [0.717, 1.165) is 39.9 Å². The van der Waals surface area contributed by atoms with E-state index in [9.17, 15) is 4.79 Å². The number of carbonyl (C=O) groups is 1. The van der Waals surface area contributed by atoms with Crippen LogP contribution in [0.4, 0.5) is 5.69 Å². The molecular formula is C18H21N3OS. The summed E-state index contributed by atoms with van der Waals surface area (Å²) in [6.07, 6.45) is 2.40. The normalized spacial score (nSPS) is 26.2. The van der Waals surface area contributed by atoms with E-state index in [0.29, 0.717) is 6.04 Å². The minimum atomic E-state index is 0.0534. The van der Waals surface area contributed by atoms with Gasteiger partial charge in [-0.2, -0.15) is 0 Å². The van der Waals surface area contributed by atoms with Crippen molar-refractivity contribution < 1.29 is 4.79 Å². The van der Waals surface area contributed by atoms with E-state index in [4.69, 9.17) is 5.73 Å². The number of nitrogens with two attached hydrogens (primary N) is 1. The van der Waals surface area contributed by atoms with E-state index >= 15 is 0 Å². The van der Waals surface area contributed by atoms with E-state index in [1.54, 1.807) is 0 Å². The number of fused-ring (bicyclic) bond motifs is 2. The summed E-state index contributed by atoms with van der Waals surface area (Å²) >= 11 is 1.53. The molecule has 0 saturated carbocycles. The molecule has 4 rings (SSSR count). The fourth-order valence-corrected chi connectivity index (χ4v) is 4.63. The van der Waals surface area contributed by atoms with Gasteiger partial charge in [-0.15, -0.1) is 11.3 Å². The van der Waals surface area contributed by atoms with E-state index in [2.05, 4.69) is 10.2 Å². The number of hydrogen-bond acceptors (Lipinski definition) is 4. The largest absolute Gasteiger partial charge is 0.399 e. The van der Waals surface area contributed by atoms with Crippen molar-refractivity contribution >= 4 is 22.9 Å². The number of amides is 1. The van der Waals surface area contributed by atoms with Gasteiger partial charge in [-0.3, -0.25) is 4.79 Å². The van der Waals surface area contributed by atoms with Crippen LogP contribution in [-0.4, -0.2) is 36.5 Å². The number of nitrogens with one attached hydrogen (secondary N) is 1. The first-order valence-corrected chi connectivity index (χ1v) is 8.98. The van der Waals surface area contributed by atoms with Gasteiger partial charge in [-0.1, -0.05) is 12.1 Å². The molecule has 23 heavy (non-hydrogen) atoms. The predicted molar refractivity (Wildman–Crippen MR) is 94.6 cm³/mol. The molecular weight excluding hydrogens is 306 g/mol. The molecule has 2 bridgehead atoms. The second-order valence-electron chi connectivity index (χ2n) is 6.61. The van der Waals surface area contributed by atoms with Crippen LogP contribution in [0.3, 0.4) is 0 Å². The number of nitrogen functional groups attached to an aromatic ring is 1. The maximum Gasteiger partial charge on any atom is 0.261 e. The Morgan fingerprint density at radius 3 is 3.00 bits per heavy atom. The summed E-state index contributed by atoms with van der Waals surface area (Å²) in [5, 5.41) is 3.22. The minimum absolute atomic E-state index is 0.0534. The van der Waals surface area contributed by atoms with Gasteiger partial charge in [0.2, 0.25) is 0 Å². The van der Waals surface area contributed by atoms with Crippen molar-refractivity contribution in [3.8, 4) is 10.4 Å². The zero-order chi connectivity index (χ0) is 15.8. The molecule has 0 radical (unpaired) electrons. The lowest BCUT2D eigenvalue weighted by atomic mass is 9.97. The molecule has 2 aromatic rings. The number of benzene rings is 1. The smallest absolute Gasteiger partial charge is 0.261 e. The van der Waals surface area contributed by atoms with Crippen molar-refractivity contribution in [1.29, 1.82) is 0 Å². The fraction of sp³-hybridized carbons (Fsp3) is 0.389. The summed E-state index contributed by atoms with van der Waals surface area (Å²) in [6.45, 7) is 3.40. The third-order valence-corrected chi connectivity index (χ3v) is 5.94. The van der Waals surface area contributed by atoms with E-state index in [1.807, 2.05) is 36.4 Å². The fourth-order valence-electron chi connectivity index (χ4n) is 3.73. The molecule has 2 aliphatic heterocycles. The van der Waals surface area contributed by atoms with Gasteiger partial charge >= 0.3 is 0 Å². The van der Waals surface area contributed by atoms with Crippen molar-refractivity contribution in [3.05, 3.63) is 41.3 Å². The molecule has 2 saturated heterocycles. The monoisotopic (exact) mass is 327 g/mol. The Bertz CT molecular complexity index is 715. The van der Waals surface area contributed by atoms with Gasteiger partial charge in [-0.25, -0.2) is 0 Å². The van der Waals surface area contributed by atoms with E-state index in [1.165, 1.54) is 30.8 Å². The van der Waals surface area contributed by atoms with Gasteiger partial charge in [-0.05, 0) is 55.1 Å². The molecule has 3 atom stereocenters. The summed E-state index contributed by atoms with van der Waals surface area (Å²) in [4.78, 5) is 16.8. The van der Waals surface area contributed by atoms with Crippen LogP contribution in [0.25, 0.3) is 10.4 Å². The number of thiophene rings is 1. The molecule has 0 spiro atoms. The third-order valence-electron chi connectivity index (χ3n) is 4.80. The molecule has 1 amide bonds. The first kappa shape index (κ1) is 14.7. The Labute approximate surface area is 140 Å². The average molecular weight is 327 g/mol. The lowest BCUT2D eigenvalue weighted by Gasteiger charge is -2.30. The lowest BCUT2D eigenvalue weighted by molar-refractivity contribution is 0.0913. The Morgan fingerprint density at radius 2 is 2.17 bits per heavy atom. The van der Waals surface area contributed by atoms with Crippen molar-refractivity contribution in [2.45, 2.75) is 18.9 Å². The van der Waals surface area contributed by atoms with Crippen LogP contribution in [0.15, 0.2) is 36.4 Å². The van der Waals surface area contributed by atoms with Crippen molar-refractivity contribution in [2.24, 2.45) is 5.92 Å². The summed E-state index contributed by atoms with van der Waals surface area (Å²) in [7, 11) is 0. The molecule has 0 aliphatic carbocycles. The summed E-state index contributed by atoms with van der Waals surface area (Å²) < 4.78 is 0. The minimum Gasteiger partial charge on any atom is -0.399 e. The van der Waals surface area contributed by atoms with Gasteiger partial charge in [0.15, 0.2) is 0 Å². The van der Waals surface area contributed by atoms with Gasteiger partial charge in [0, 0.05) is 29.7 Å². The molecule has 2 aliphatic rings. The van der Waals surface area contributed by atoms with Crippen LogP contribution in [-0.2, 0) is 0 Å². The predicted octanol–water partition coefficient (Wildman–Crippen LogP) is 2.82. The summed E-state index contributed by atoms with van der Waals surface area (Å²) in [6, 6.07) is 12.0. The maximum absolute atomic E-state index is 12.5. The first-order valence-electron chi connectivity index (χ1n) is 8.16. The zero-order valence-corrected chi connectivity index (χ0v) is 13.8. The molecule has 3 N–H and O–H groups in total. The molecule has 2 fully saturated rings. The highest BCUT2D eigenvalue weighted by molar-refractivity contribution is 7.17. The highest BCUT2D eigenvalue weighted by Gasteiger charge is 2.33. The molecule has 120 valence electrons. The SMILES string of the molecule is Nc1cccc(-c2ccc(C(=O)N[C@@H]3C[C@H]4CCN(C4)C3)s2)c1. The molecule has 4 nitrogen and oxygen atoms in total. The number of carbonyl (C=O) groups excluding carboxylic acids is 1. The van der Waals surface area contributed by atoms with Gasteiger partial charge in [0.25, 0.3) is 5.91 Å². The highest BCUT2D eigenvalue weighted by Crippen LogP contribution is 2.30. The molecule has 3 heterocycles. The average Bonchev–Trinajstić information content (AvgIpc) is 3.14. The van der Waals surface area contributed by atoms with E-state index < -0.39 is 0 Å². The van der Waals surface area contributed by atoms with Crippen LogP contribution >= 0.6 is 11.3 Å². The van der Waals surface area contributed by atoms with Crippen molar-refractivity contribution in [3.63, 3.8) is 0 Å². The molecule has 1 unspecified atom stereocenters. The molecule has 5 heteroatoms. The second-order valence-corrected chi connectivity index (χ2v) is 7.69. The van der Waals surface area contributed by atoms with Crippen LogP contribution in [0, 0.1) is 5.92 Å². The molecule has 1 aromatic heterocycles. The Kier molecular flexibility index (Phi) is 3.83. The number of nitrogens with zero attached hydrogens (tertiary/aromatic N) is 1. The van der Waals surface area contributed by atoms with E-state index in [-0.39, 0.29) is 5.91 Å². The third kappa shape index (κ3) is 3.12. The van der Waals surface area contributed by atoms with Gasteiger partial charge in [0.05, 0.1) is 4.88 Å². The van der Waals surface area contributed by atoms with Crippen LogP contribution < -0.4 is 11.1 Å². The highest BCUT2D eigenvalue weighted by atomic mass is 32.1. The van der Waals surface area contributed by atoms with Crippen LogP contribution in [0.2, 0.25) is 0 Å². The van der Waals surface area contributed by atoms with Gasteiger partial charge in [0.1, 0.15) is 0 Å². The lowest BCUT2D eigenvalue weighted by Crippen LogP contribution is -2.46. The number of hydrogen-bond donors (Lipinski definition) is 2. The van der Waals surface area contributed by atoms with Crippen LogP contribution in [0.1, 0.15) is 22.5 Å². The first-order chi connectivity index (χ1) is 11.2. The number of anilines is 1. The Balaban J connectivity index is 1.45. The Hall–Kier alpha value is -1.85.